The molecule has 1 saturated heterocycles. The van der Waals surface area contributed by atoms with Crippen LogP contribution in [0.5, 0.6) is 5.75 Å². The molecule has 2 aromatic heterocycles. The van der Waals surface area contributed by atoms with Crippen molar-refractivity contribution >= 4 is 24.9 Å². The summed E-state index contributed by atoms with van der Waals surface area (Å²) in [5.74, 6) is 1.06. The number of aromatic hydroxyl groups is 1. The van der Waals surface area contributed by atoms with Crippen molar-refractivity contribution in [3.63, 3.8) is 0 Å². The van der Waals surface area contributed by atoms with Crippen molar-refractivity contribution in [1.82, 2.24) is 19.4 Å². The van der Waals surface area contributed by atoms with E-state index < -0.39 is 13.7 Å². The molecule has 0 radical (unpaired) electrons. The molecular weight excluding hydrogens is 544 g/mol. The fourth-order valence-electron chi connectivity index (χ4n) is 5.24. The molecular formula is C33H42N4O4Si. The highest BCUT2D eigenvalue weighted by atomic mass is 28.3. The van der Waals surface area contributed by atoms with Gasteiger partial charge in [-0.25, -0.2) is 9.78 Å². The zero-order valence-corrected chi connectivity index (χ0v) is 26.6. The average Bonchev–Trinajstić information content (AvgIpc) is 3.57. The van der Waals surface area contributed by atoms with Crippen LogP contribution in [0.4, 0.5) is 4.79 Å². The number of carbonyl (C=O) groups excluding carboxylic acids is 1. The molecule has 1 aliphatic heterocycles. The summed E-state index contributed by atoms with van der Waals surface area (Å²) in [7, 11) is -1.25. The Labute approximate surface area is 249 Å². The maximum Gasteiger partial charge on any atom is 0.410 e. The molecule has 2 aromatic carbocycles. The van der Waals surface area contributed by atoms with Gasteiger partial charge in [-0.3, -0.25) is 9.88 Å². The van der Waals surface area contributed by atoms with E-state index in [0.717, 1.165) is 58.0 Å². The van der Waals surface area contributed by atoms with Crippen LogP contribution in [0.25, 0.3) is 33.3 Å². The second-order valence-corrected chi connectivity index (χ2v) is 18.9. The fourth-order valence-corrected chi connectivity index (χ4v) is 6.00. The van der Waals surface area contributed by atoms with E-state index in [-0.39, 0.29) is 17.9 Å². The third-order valence-corrected chi connectivity index (χ3v) is 9.17. The first-order valence-corrected chi connectivity index (χ1v) is 18.4. The van der Waals surface area contributed by atoms with Crippen molar-refractivity contribution in [3.05, 3.63) is 66.7 Å². The third kappa shape index (κ3) is 7.02. The van der Waals surface area contributed by atoms with Crippen LogP contribution >= 0.6 is 0 Å². The SMILES string of the molecule is CC(C)(C)OC(=O)N1CCCC1c1ncc(-c2ccc(-c3ccc4cc(O)ccc4c3)nc2)n1COCC[Si](C)(C)C. The number of nitrogens with zero attached hydrogens (tertiary/aromatic N) is 4. The third-order valence-electron chi connectivity index (χ3n) is 7.46. The number of pyridine rings is 1. The molecule has 1 atom stereocenters. The molecule has 8 nitrogen and oxygen atoms in total. The lowest BCUT2D eigenvalue weighted by molar-refractivity contribution is 0.0204. The number of likely N-dealkylation sites (tertiary alicyclic amines) is 1. The number of ether oxygens (including phenoxy) is 2. The summed E-state index contributed by atoms with van der Waals surface area (Å²) in [6.07, 6.45) is 5.14. The molecule has 42 heavy (non-hydrogen) atoms. The maximum atomic E-state index is 13.1. The average molecular weight is 587 g/mol. The molecule has 3 heterocycles. The number of phenols is 1. The second kappa shape index (κ2) is 11.9. The number of amides is 1. The minimum Gasteiger partial charge on any atom is -0.508 e. The molecule has 0 spiro atoms. The summed E-state index contributed by atoms with van der Waals surface area (Å²) in [4.78, 5) is 24.5. The summed E-state index contributed by atoms with van der Waals surface area (Å²) in [6.45, 7) is 14.4. The number of carbonyl (C=O) groups is 1. The van der Waals surface area contributed by atoms with Gasteiger partial charge >= 0.3 is 6.09 Å². The standard InChI is InChI=1S/C33H42N4O4Si/c1-33(2,3)41-32(39)36-15-7-8-29(36)31-35-21-30(37(31)22-40-16-17-42(4,5)6)26-12-14-28(34-20-26)25-10-9-24-19-27(38)13-11-23(24)18-25/h9-14,18-21,29,38H,7-8,15-17,22H2,1-6H3. The Morgan fingerprint density at radius 2 is 1.74 bits per heavy atom. The molecule has 5 rings (SSSR count). The Balaban J connectivity index is 1.44. The minimum absolute atomic E-state index is 0.182. The van der Waals surface area contributed by atoms with E-state index in [1.54, 1.807) is 17.0 Å². The second-order valence-electron chi connectivity index (χ2n) is 13.3. The molecule has 0 aliphatic carbocycles. The molecule has 0 bridgehead atoms. The fraction of sp³-hybridized carbons (Fsp3) is 0.424. The number of benzene rings is 2. The number of phenolic OH excluding ortho intramolecular Hbond substituents is 1. The van der Waals surface area contributed by atoms with E-state index >= 15 is 0 Å². The highest BCUT2D eigenvalue weighted by Crippen LogP contribution is 2.35. The Morgan fingerprint density at radius 3 is 2.45 bits per heavy atom. The van der Waals surface area contributed by atoms with Gasteiger partial charge in [0.1, 0.15) is 23.9 Å². The topological polar surface area (TPSA) is 89.7 Å². The highest BCUT2D eigenvalue weighted by molar-refractivity contribution is 6.76. The maximum absolute atomic E-state index is 13.1. The number of hydrogen-bond donors (Lipinski definition) is 1. The quantitative estimate of drug-likeness (QED) is 0.167. The van der Waals surface area contributed by atoms with E-state index in [4.69, 9.17) is 19.4 Å². The Bertz CT molecular complexity index is 1550. The van der Waals surface area contributed by atoms with Crippen LogP contribution in [0, 0.1) is 0 Å². The lowest BCUT2D eigenvalue weighted by Gasteiger charge is -2.29. The Kier molecular flexibility index (Phi) is 8.43. The molecule has 1 amide bonds. The van der Waals surface area contributed by atoms with Gasteiger partial charge in [0, 0.05) is 38.5 Å². The largest absolute Gasteiger partial charge is 0.508 e. The molecule has 9 heteroatoms. The summed E-state index contributed by atoms with van der Waals surface area (Å²) in [5.41, 5.74) is 3.13. The lowest BCUT2D eigenvalue weighted by atomic mass is 10.0. The van der Waals surface area contributed by atoms with Crippen molar-refractivity contribution < 1.29 is 19.4 Å². The minimum atomic E-state index is -1.25. The first-order chi connectivity index (χ1) is 19.9. The van der Waals surface area contributed by atoms with Gasteiger partial charge in [-0.2, -0.15) is 0 Å². The number of rotatable bonds is 8. The summed E-state index contributed by atoms with van der Waals surface area (Å²) >= 11 is 0. The number of aromatic nitrogens is 3. The Morgan fingerprint density at radius 1 is 1.00 bits per heavy atom. The predicted molar refractivity (Wildman–Crippen MR) is 169 cm³/mol. The van der Waals surface area contributed by atoms with Crippen LogP contribution in [0.1, 0.15) is 45.5 Å². The van der Waals surface area contributed by atoms with Gasteiger partial charge < -0.3 is 19.1 Å². The van der Waals surface area contributed by atoms with Gasteiger partial charge in [-0.1, -0.05) is 37.8 Å². The summed E-state index contributed by atoms with van der Waals surface area (Å²) in [5, 5.41) is 11.8. The molecule has 1 aliphatic rings. The van der Waals surface area contributed by atoms with Crippen molar-refractivity contribution in [1.29, 1.82) is 0 Å². The van der Waals surface area contributed by atoms with Crippen LogP contribution in [0.3, 0.4) is 0 Å². The molecule has 222 valence electrons. The van der Waals surface area contributed by atoms with E-state index in [2.05, 4.69) is 36.3 Å². The normalized spacial score (nSPS) is 15.9. The molecule has 1 N–H and O–H groups in total. The summed E-state index contributed by atoms with van der Waals surface area (Å²) in [6, 6.07) is 16.4. The first-order valence-electron chi connectivity index (χ1n) is 14.7. The highest BCUT2D eigenvalue weighted by Gasteiger charge is 2.36. The van der Waals surface area contributed by atoms with Crippen LogP contribution < -0.4 is 0 Å². The number of imidazole rings is 1. The van der Waals surface area contributed by atoms with Gasteiger partial charge in [0.2, 0.25) is 0 Å². The van der Waals surface area contributed by atoms with Gasteiger partial charge in [-0.15, -0.1) is 0 Å². The van der Waals surface area contributed by atoms with Gasteiger partial charge in [0.25, 0.3) is 0 Å². The Hall–Kier alpha value is -3.69. The van der Waals surface area contributed by atoms with Crippen LogP contribution in [-0.2, 0) is 16.2 Å². The van der Waals surface area contributed by atoms with E-state index in [0.29, 0.717) is 19.9 Å². The zero-order valence-electron chi connectivity index (χ0n) is 25.6. The molecule has 1 fully saturated rings. The van der Waals surface area contributed by atoms with Gasteiger partial charge in [0.05, 0.1) is 23.6 Å². The van der Waals surface area contributed by atoms with E-state index in [1.807, 2.05) is 57.4 Å². The van der Waals surface area contributed by atoms with Crippen molar-refractivity contribution in [2.75, 3.05) is 13.2 Å². The number of fused-ring (bicyclic) bond motifs is 1. The van der Waals surface area contributed by atoms with Crippen molar-refractivity contribution in [2.24, 2.45) is 0 Å². The first kappa shape index (κ1) is 29.8. The van der Waals surface area contributed by atoms with Crippen molar-refractivity contribution in [2.45, 2.75) is 77.7 Å². The monoisotopic (exact) mass is 586 g/mol. The molecule has 0 saturated carbocycles. The van der Waals surface area contributed by atoms with Gasteiger partial charge in [0.15, 0.2) is 0 Å². The van der Waals surface area contributed by atoms with E-state index in [1.165, 1.54) is 0 Å². The van der Waals surface area contributed by atoms with E-state index in [9.17, 15) is 9.90 Å². The summed E-state index contributed by atoms with van der Waals surface area (Å²) < 4.78 is 14.0. The number of hydrogen-bond acceptors (Lipinski definition) is 6. The molecule has 1 unspecified atom stereocenters. The van der Waals surface area contributed by atoms with Crippen LogP contribution in [0.15, 0.2) is 60.9 Å². The van der Waals surface area contributed by atoms with Crippen LogP contribution in [0.2, 0.25) is 25.7 Å². The molecule has 4 aromatic rings. The lowest BCUT2D eigenvalue weighted by Crippen LogP contribution is -2.37. The van der Waals surface area contributed by atoms with Gasteiger partial charge in [-0.05, 0) is 80.8 Å². The predicted octanol–water partition coefficient (Wildman–Crippen LogP) is 7.86. The van der Waals surface area contributed by atoms with Crippen molar-refractivity contribution in [3.8, 4) is 28.3 Å². The zero-order chi connectivity index (χ0) is 30.1. The van der Waals surface area contributed by atoms with Crippen LogP contribution in [-0.4, -0.2) is 57.5 Å². The smallest absolute Gasteiger partial charge is 0.410 e.